The van der Waals surface area contributed by atoms with Crippen molar-refractivity contribution in [3.63, 3.8) is 0 Å². The Labute approximate surface area is 206 Å². The molecule has 2 aromatic carbocycles. The Hall–Kier alpha value is -3.74. The average molecular weight is 476 g/mol. The van der Waals surface area contributed by atoms with Gasteiger partial charge < -0.3 is 19.5 Å². The molecule has 0 fully saturated rings. The third kappa shape index (κ3) is 4.50. The van der Waals surface area contributed by atoms with Crippen LogP contribution in [0.5, 0.6) is 17.2 Å². The first-order valence-electron chi connectivity index (χ1n) is 12.0. The van der Waals surface area contributed by atoms with Crippen LogP contribution in [0.25, 0.3) is 11.3 Å². The molecule has 1 aliphatic rings. The molecule has 1 amide bonds. The van der Waals surface area contributed by atoms with Gasteiger partial charge in [0.15, 0.2) is 11.5 Å². The first-order chi connectivity index (χ1) is 16.9. The third-order valence-electron chi connectivity index (χ3n) is 6.39. The van der Waals surface area contributed by atoms with Crippen molar-refractivity contribution in [1.82, 2.24) is 15.1 Å². The van der Waals surface area contributed by atoms with Crippen molar-refractivity contribution in [3.8, 4) is 28.5 Å². The molecular formula is C28H33N3O4. The lowest BCUT2D eigenvalue weighted by molar-refractivity contribution is 0.0764. The minimum Gasteiger partial charge on any atom is -0.507 e. The lowest BCUT2D eigenvalue weighted by atomic mass is 9.93. The summed E-state index contributed by atoms with van der Waals surface area (Å²) < 4.78 is 11.6. The summed E-state index contributed by atoms with van der Waals surface area (Å²) in [6.45, 7) is 10.9. The lowest BCUT2D eigenvalue weighted by Crippen LogP contribution is -2.29. The molecule has 0 aliphatic carbocycles. The average Bonchev–Trinajstić information content (AvgIpc) is 3.36. The summed E-state index contributed by atoms with van der Waals surface area (Å²) in [5.41, 5.74) is 5.05. The van der Waals surface area contributed by atoms with Crippen molar-refractivity contribution in [2.24, 2.45) is 0 Å². The highest BCUT2D eigenvalue weighted by Gasteiger charge is 2.42. The molecule has 1 atom stereocenters. The van der Waals surface area contributed by atoms with Crippen LogP contribution < -0.4 is 9.47 Å². The van der Waals surface area contributed by atoms with Crippen LogP contribution in [0.4, 0.5) is 0 Å². The number of carbonyl (C=O) groups is 1. The van der Waals surface area contributed by atoms with Gasteiger partial charge in [-0.2, -0.15) is 5.10 Å². The highest BCUT2D eigenvalue weighted by Crippen LogP contribution is 2.46. The molecule has 1 aliphatic heterocycles. The number of methoxy groups -OCH3 is 1. The largest absolute Gasteiger partial charge is 0.507 e. The number of benzene rings is 2. The summed E-state index contributed by atoms with van der Waals surface area (Å²) in [5.74, 6) is 1.26. The van der Waals surface area contributed by atoms with E-state index in [1.807, 2.05) is 38.1 Å². The minimum absolute atomic E-state index is 0.138. The van der Waals surface area contributed by atoms with Crippen LogP contribution in [-0.2, 0) is 0 Å². The number of phenols is 1. The van der Waals surface area contributed by atoms with E-state index < -0.39 is 6.04 Å². The van der Waals surface area contributed by atoms with Gasteiger partial charge in [-0.25, -0.2) is 0 Å². The van der Waals surface area contributed by atoms with Crippen LogP contribution in [0.3, 0.4) is 0 Å². The maximum absolute atomic E-state index is 13.4. The van der Waals surface area contributed by atoms with Gasteiger partial charge >= 0.3 is 0 Å². The van der Waals surface area contributed by atoms with Gasteiger partial charge in [0.1, 0.15) is 17.1 Å². The van der Waals surface area contributed by atoms with E-state index in [4.69, 9.17) is 9.47 Å². The number of ether oxygens (including phenoxy) is 2. The minimum atomic E-state index is -0.424. The maximum Gasteiger partial charge on any atom is 0.273 e. The van der Waals surface area contributed by atoms with Crippen molar-refractivity contribution in [3.05, 3.63) is 70.9 Å². The second-order valence-corrected chi connectivity index (χ2v) is 8.95. The highest BCUT2D eigenvalue weighted by atomic mass is 16.5. The fourth-order valence-corrected chi connectivity index (χ4v) is 4.82. The number of aromatic hydroxyl groups is 1. The second kappa shape index (κ2) is 10.3. The van der Waals surface area contributed by atoms with Crippen LogP contribution in [0.1, 0.15) is 65.0 Å². The summed E-state index contributed by atoms with van der Waals surface area (Å²) in [7, 11) is 1.61. The van der Waals surface area contributed by atoms with Gasteiger partial charge in [-0.3, -0.25) is 9.89 Å². The molecule has 4 rings (SSSR count). The van der Waals surface area contributed by atoms with Crippen molar-refractivity contribution in [2.75, 3.05) is 20.3 Å². The Morgan fingerprint density at radius 1 is 1.20 bits per heavy atom. The summed E-state index contributed by atoms with van der Waals surface area (Å²) >= 11 is 0. The lowest BCUT2D eigenvalue weighted by Gasteiger charge is -2.26. The van der Waals surface area contributed by atoms with Gasteiger partial charge in [0.25, 0.3) is 5.91 Å². The fourth-order valence-electron chi connectivity index (χ4n) is 4.82. The fraction of sp³-hybridized carbons (Fsp3) is 0.357. The van der Waals surface area contributed by atoms with Crippen molar-refractivity contribution < 1.29 is 19.4 Å². The van der Waals surface area contributed by atoms with E-state index in [9.17, 15) is 9.90 Å². The third-order valence-corrected chi connectivity index (χ3v) is 6.39. The van der Waals surface area contributed by atoms with Crippen LogP contribution in [0.15, 0.2) is 43.0 Å². The SMILES string of the molecule is C=CCN1C(=O)c2[nH]nc(-c3c(C)cc(C)cc3O)c2C1c1ccc(OCCCCC)c(OC)c1. The number of amides is 1. The van der Waals surface area contributed by atoms with Crippen LogP contribution in [-0.4, -0.2) is 46.4 Å². The number of unbranched alkanes of at least 4 members (excludes halogenated alkanes) is 2. The van der Waals surface area contributed by atoms with Gasteiger partial charge in [0.2, 0.25) is 0 Å². The maximum atomic E-state index is 13.4. The number of nitrogens with zero attached hydrogens (tertiary/aromatic N) is 2. The number of nitrogens with one attached hydrogen (secondary N) is 1. The van der Waals surface area contributed by atoms with Gasteiger partial charge in [-0.15, -0.1) is 6.58 Å². The molecule has 2 N–H and O–H groups in total. The molecule has 1 aromatic heterocycles. The van der Waals surface area contributed by atoms with E-state index in [2.05, 4.69) is 23.7 Å². The molecule has 0 saturated heterocycles. The van der Waals surface area contributed by atoms with E-state index in [0.717, 1.165) is 41.5 Å². The molecule has 1 unspecified atom stereocenters. The molecule has 0 spiro atoms. The van der Waals surface area contributed by atoms with E-state index in [-0.39, 0.29) is 11.7 Å². The number of aromatic nitrogens is 2. The summed E-state index contributed by atoms with van der Waals surface area (Å²) in [4.78, 5) is 15.1. The Morgan fingerprint density at radius 3 is 2.69 bits per heavy atom. The molecule has 0 radical (unpaired) electrons. The van der Waals surface area contributed by atoms with Crippen molar-refractivity contribution in [1.29, 1.82) is 0 Å². The van der Waals surface area contributed by atoms with E-state index in [1.54, 1.807) is 24.2 Å². The van der Waals surface area contributed by atoms with E-state index in [0.29, 0.717) is 41.6 Å². The van der Waals surface area contributed by atoms with E-state index >= 15 is 0 Å². The number of H-pyrrole nitrogens is 1. The Balaban J connectivity index is 1.81. The number of aromatic amines is 1. The predicted octanol–water partition coefficient (Wildman–Crippen LogP) is 5.71. The molecule has 2 heterocycles. The topological polar surface area (TPSA) is 87.7 Å². The van der Waals surface area contributed by atoms with Crippen molar-refractivity contribution in [2.45, 2.75) is 46.1 Å². The van der Waals surface area contributed by atoms with Crippen LogP contribution in [0.2, 0.25) is 0 Å². The number of phenolic OH excluding ortho intramolecular Hbond substituents is 1. The number of rotatable bonds is 10. The smallest absolute Gasteiger partial charge is 0.273 e. The number of carbonyl (C=O) groups excluding carboxylic acids is 1. The monoisotopic (exact) mass is 475 g/mol. The van der Waals surface area contributed by atoms with Gasteiger partial charge in [0, 0.05) is 17.7 Å². The van der Waals surface area contributed by atoms with Crippen LogP contribution >= 0.6 is 0 Å². The first-order valence-corrected chi connectivity index (χ1v) is 12.0. The highest BCUT2D eigenvalue weighted by molar-refractivity contribution is 6.00. The summed E-state index contributed by atoms with van der Waals surface area (Å²) in [6.07, 6.45) is 4.92. The normalized spacial score (nSPS) is 14.8. The number of hydrogen-bond donors (Lipinski definition) is 2. The van der Waals surface area contributed by atoms with Gasteiger partial charge in [-0.1, -0.05) is 38.0 Å². The molecule has 0 saturated carbocycles. The Kier molecular flexibility index (Phi) is 7.15. The Morgan fingerprint density at radius 2 is 2.00 bits per heavy atom. The second-order valence-electron chi connectivity index (χ2n) is 8.95. The van der Waals surface area contributed by atoms with Gasteiger partial charge in [-0.05, 0) is 55.2 Å². The molecule has 3 aromatic rings. The zero-order valence-electron chi connectivity index (χ0n) is 20.9. The van der Waals surface area contributed by atoms with Crippen LogP contribution in [0, 0.1) is 13.8 Å². The molecule has 0 bridgehead atoms. The molecule has 7 nitrogen and oxygen atoms in total. The summed E-state index contributed by atoms with van der Waals surface area (Å²) in [6, 6.07) is 9.05. The molecule has 184 valence electrons. The summed E-state index contributed by atoms with van der Waals surface area (Å²) in [5, 5.41) is 18.2. The quantitative estimate of drug-likeness (QED) is 0.290. The zero-order chi connectivity index (χ0) is 25.1. The molecular weight excluding hydrogens is 442 g/mol. The predicted molar refractivity (Wildman–Crippen MR) is 136 cm³/mol. The standard InChI is InChI=1S/C28H33N3O4/c1-6-8-9-13-35-21-11-10-19(16-22(21)34-5)27-24-25(23-18(4)14-17(3)15-20(23)32)29-30-26(24)28(33)31(27)12-7-2/h7,10-11,14-16,27,32H,2,6,8-9,12-13H2,1,3-5H3,(H,29,30). The van der Waals surface area contributed by atoms with E-state index in [1.165, 1.54) is 0 Å². The number of fused-ring (bicyclic) bond motifs is 1. The first kappa shape index (κ1) is 24.4. The van der Waals surface area contributed by atoms with Crippen molar-refractivity contribution >= 4 is 5.91 Å². The Bertz CT molecular complexity index is 1220. The molecule has 35 heavy (non-hydrogen) atoms. The number of hydrogen-bond acceptors (Lipinski definition) is 5. The molecule has 7 heteroatoms. The van der Waals surface area contributed by atoms with Gasteiger partial charge in [0.05, 0.1) is 19.8 Å². The number of aryl methyl sites for hydroxylation is 2. The zero-order valence-corrected chi connectivity index (χ0v) is 20.9.